The highest BCUT2D eigenvalue weighted by Crippen LogP contribution is 2.39. The molecule has 2 atom stereocenters. The summed E-state index contributed by atoms with van der Waals surface area (Å²) in [5, 5.41) is 6.58. The van der Waals surface area contributed by atoms with E-state index in [1.165, 1.54) is 0 Å². The molecule has 3 aromatic rings. The number of ether oxygens (including phenoxy) is 1. The van der Waals surface area contributed by atoms with E-state index < -0.39 is 11.1 Å². The van der Waals surface area contributed by atoms with Crippen LogP contribution in [0.5, 0.6) is 5.75 Å². The normalized spacial score (nSPS) is 22.3. The monoisotopic (exact) mass is 549 g/mol. The molecule has 0 radical (unpaired) electrons. The SMILES string of the molecule is C#C[C@@]1(C(C)C)CC(=O)N(Cc2cccc(C(=O)N[C@H]3CC(C)(C)Oc4ccccc43)c2)/C(=N\c2ccncc2)N1. The number of hydrogen-bond acceptors (Lipinski definition) is 5. The van der Waals surface area contributed by atoms with Crippen molar-refractivity contribution in [1.29, 1.82) is 0 Å². The van der Waals surface area contributed by atoms with Crippen LogP contribution in [0.3, 0.4) is 0 Å². The van der Waals surface area contributed by atoms with Gasteiger partial charge in [0.15, 0.2) is 0 Å². The third-order valence-corrected chi connectivity index (χ3v) is 7.67. The molecule has 5 rings (SSSR count). The van der Waals surface area contributed by atoms with E-state index in [0.717, 1.165) is 16.9 Å². The van der Waals surface area contributed by atoms with Gasteiger partial charge in [-0.1, -0.05) is 50.1 Å². The molecule has 2 N–H and O–H groups in total. The molecular weight excluding hydrogens is 514 g/mol. The van der Waals surface area contributed by atoms with E-state index in [1.54, 1.807) is 35.5 Å². The van der Waals surface area contributed by atoms with Crippen molar-refractivity contribution in [3.63, 3.8) is 0 Å². The van der Waals surface area contributed by atoms with Gasteiger partial charge >= 0.3 is 0 Å². The van der Waals surface area contributed by atoms with Crippen molar-refractivity contribution >= 4 is 23.5 Å². The van der Waals surface area contributed by atoms with Crippen LogP contribution in [0.15, 0.2) is 78.0 Å². The van der Waals surface area contributed by atoms with Gasteiger partial charge in [0.1, 0.15) is 16.9 Å². The fourth-order valence-electron chi connectivity index (χ4n) is 5.32. The fraction of sp³-hybridized carbons (Fsp3) is 0.333. The molecule has 0 saturated carbocycles. The van der Waals surface area contributed by atoms with E-state index in [0.29, 0.717) is 23.6 Å². The van der Waals surface area contributed by atoms with Crippen LogP contribution in [0.1, 0.15) is 68.1 Å². The summed E-state index contributed by atoms with van der Waals surface area (Å²) >= 11 is 0. The lowest BCUT2D eigenvalue weighted by Gasteiger charge is -2.42. The van der Waals surface area contributed by atoms with E-state index in [2.05, 4.69) is 21.5 Å². The van der Waals surface area contributed by atoms with Gasteiger partial charge in [-0.25, -0.2) is 4.99 Å². The number of carbonyl (C=O) groups is 2. The first-order chi connectivity index (χ1) is 19.6. The first kappa shape index (κ1) is 27.9. The molecule has 3 heterocycles. The maximum Gasteiger partial charge on any atom is 0.251 e. The number of pyridine rings is 1. The van der Waals surface area contributed by atoms with Crippen LogP contribution in [0.25, 0.3) is 0 Å². The minimum Gasteiger partial charge on any atom is -0.487 e. The second-order valence-corrected chi connectivity index (χ2v) is 11.5. The number of terminal acetylenes is 1. The highest BCUT2D eigenvalue weighted by atomic mass is 16.5. The average molecular weight is 550 g/mol. The van der Waals surface area contributed by atoms with Crippen LogP contribution in [-0.2, 0) is 11.3 Å². The lowest BCUT2D eigenvalue weighted by Crippen LogP contribution is -2.63. The molecule has 2 aliphatic rings. The summed E-state index contributed by atoms with van der Waals surface area (Å²) in [6.45, 7) is 8.24. The Morgan fingerprint density at radius 1 is 1.20 bits per heavy atom. The lowest BCUT2D eigenvalue weighted by atomic mass is 9.82. The molecule has 8 heteroatoms. The van der Waals surface area contributed by atoms with Crippen molar-refractivity contribution in [2.24, 2.45) is 10.9 Å². The molecule has 0 bridgehead atoms. The molecule has 1 aromatic heterocycles. The Morgan fingerprint density at radius 3 is 2.68 bits per heavy atom. The number of amides is 2. The third kappa shape index (κ3) is 5.94. The Hall–Kier alpha value is -4.64. The second kappa shape index (κ2) is 11.1. The summed E-state index contributed by atoms with van der Waals surface area (Å²) in [6.07, 6.45) is 10.00. The molecule has 41 heavy (non-hydrogen) atoms. The molecule has 0 spiro atoms. The number of nitrogens with one attached hydrogen (secondary N) is 2. The Kier molecular flexibility index (Phi) is 7.55. The molecule has 2 aliphatic heterocycles. The van der Waals surface area contributed by atoms with Gasteiger partial charge in [-0.15, -0.1) is 6.42 Å². The quantitative estimate of drug-likeness (QED) is 0.415. The van der Waals surface area contributed by atoms with Crippen molar-refractivity contribution in [3.05, 3.63) is 89.7 Å². The summed E-state index contributed by atoms with van der Waals surface area (Å²) in [5.41, 5.74) is 1.64. The largest absolute Gasteiger partial charge is 0.487 e. The Balaban J connectivity index is 1.40. The number of carbonyl (C=O) groups excluding carboxylic acids is 2. The zero-order valence-electron chi connectivity index (χ0n) is 23.8. The van der Waals surface area contributed by atoms with Crippen molar-refractivity contribution in [3.8, 4) is 18.1 Å². The van der Waals surface area contributed by atoms with E-state index in [4.69, 9.17) is 16.2 Å². The maximum atomic E-state index is 13.5. The van der Waals surface area contributed by atoms with E-state index in [-0.39, 0.29) is 36.7 Å². The van der Waals surface area contributed by atoms with Crippen LogP contribution in [0, 0.1) is 18.3 Å². The standard InChI is InChI=1S/C33H35N5O3/c1-6-33(22(2)3)20-29(39)38(31(37-33)35-25-14-16-34-17-15-25)21-23-10-9-11-24(18-23)30(40)36-27-19-32(4,5)41-28-13-8-7-12-26(27)28/h1,7-18,22,27H,19-21H2,2-5H3,(H,36,40)(H,34,35,37)/t27-,33-/m0/s1. The first-order valence-corrected chi connectivity index (χ1v) is 13.8. The predicted octanol–water partition coefficient (Wildman–Crippen LogP) is 5.15. The average Bonchev–Trinajstić information content (AvgIpc) is 2.94. The Labute approximate surface area is 241 Å². The molecule has 210 valence electrons. The minimum absolute atomic E-state index is 0.00596. The predicted molar refractivity (Wildman–Crippen MR) is 158 cm³/mol. The molecule has 0 aliphatic carbocycles. The number of rotatable bonds is 6. The van der Waals surface area contributed by atoms with Crippen molar-refractivity contribution in [2.45, 2.75) is 64.3 Å². The lowest BCUT2D eigenvalue weighted by molar-refractivity contribution is -0.130. The van der Waals surface area contributed by atoms with Gasteiger partial charge in [-0.3, -0.25) is 19.5 Å². The zero-order chi connectivity index (χ0) is 29.2. The molecule has 2 aromatic carbocycles. The molecule has 8 nitrogen and oxygen atoms in total. The van der Waals surface area contributed by atoms with Gasteiger partial charge < -0.3 is 15.4 Å². The Morgan fingerprint density at radius 2 is 1.95 bits per heavy atom. The summed E-state index contributed by atoms with van der Waals surface area (Å²) in [6, 6.07) is 18.4. The van der Waals surface area contributed by atoms with Gasteiger partial charge in [0.25, 0.3) is 5.91 Å². The minimum atomic E-state index is -0.852. The molecule has 1 saturated heterocycles. The van der Waals surface area contributed by atoms with Gasteiger partial charge in [-0.05, 0) is 55.7 Å². The van der Waals surface area contributed by atoms with Gasteiger partial charge in [0.05, 0.1) is 24.7 Å². The summed E-state index contributed by atoms with van der Waals surface area (Å²) in [5.74, 6) is 3.63. The fourth-order valence-corrected chi connectivity index (χ4v) is 5.32. The number of guanidine groups is 1. The van der Waals surface area contributed by atoms with Crippen LogP contribution in [0.4, 0.5) is 5.69 Å². The number of nitrogens with zero attached hydrogens (tertiary/aromatic N) is 3. The van der Waals surface area contributed by atoms with E-state index in [1.807, 2.05) is 70.2 Å². The number of aliphatic imine (C=N–C) groups is 1. The third-order valence-electron chi connectivity index (χ3n) is 7.67. The number of hydrogen-bond donors (Lipinski definition) is 2. The molecular formula is C33H35N5O3. The van der Waals surface area contributed by atoms with Crippen LogP contribution >= 0.6 is 0 Å². The van der Waals surface area contributed by atoms with Crippen molar-refractivity contribution in [2.75, 3.05) is 0 Å². The van der Waals surface area contributed by atoms with Crippen LogP contribution in [0.2, 0.25) is 0 Å². The maximum absolute atomic E-state index is 13.5. The number of para-hydroxylation sites is 1. The summed E-state index contributed by atoms with van der Waals surface area (Å²) < 4.78 is 6.12. The number of benzene rings is 2. The number of aromatic nitrogens is 1. The molecule has 2 amide bonds. The Bertz CT molecular complexity index is 1530. The first-order valence-electron chi connectivity index (χ1n) is 13.8. The van der Waals surface area contributed by atoms with Gasteiger partial charge in [-0.2, -0.15) is 0 Å². The highest BCUT2D eigenvalue weighted by molar-refractivity contribution is 6.02. The van der Waals surface area contributed by atoms with Gasteiger partial charge in [0.2, 0.25) is 11.9 Å². The highest BCUT2D eigenvalue weighted by Gasteiger charge is 2.43. The van der Waals surface area contributed by atoms with Crippen molar-refractivity contribution in [1.82, 2.24) is 20.5 Å². The number of fused-ring (bicyclic) bond motifs is 1. The summed E-state index contributed by atoms with van der Waals surface area (Å²) in [4.78, 5) is 37.4. The van der Waals surface area contributed by atoms with Crippen LogP contribution in [-0.4, -0.2) is 38.8 Å². The molecule has 1 fully saturated rings. The summed E-state index contributed by atoms with van der Waals surface area (Å²) in [7, 11) is 0. The van der Waals surface area contributed by atoms with E-state index in [9.17, 15) is 9.59 Å². The van der Waals surface area contributed by atoms with Crippen LogP contribution < -0.4 is 15.4 Å². The molecule has 0 unspecified atom stereocenters. The zero-order valence-corrected chi connectivity index (χ0v) is 23.8. The van der Waals surface area contributed by atoms with Crippen molar-refractivity contribution < 1.29 is 14.3 Å². The van der Waals surface area contributed by atoms with Gasteiger partial charge in [0, 0.05) is 29.9 Å². The van der Waals surface area contributed by atoms with E-state index >= 15 is 0 Å². The topological polar surface area (TPSA) is 95.9 Å². The second-order valence-electron chi connectivity index (χ2n) is 11.5. The smallest absolute Gasteiger partial charge is 0.251 e.